The zero-order chi connectivity index (χ0) is 15.3. The third-order valence-corrected chi connectivity index (χ3v) is 4.62. The first-order valence-corrected chi connectivity index (χ1v) is 9.69. The van der Waals surface area contributed by atoms with Crippen molar-refractivity contribution in [3.63, 3.8) is 0 Å². The summed E-state index contributed by atoms with van der Waals surface area (Å²) in [7, 11) is -4.69. The summed E-state index contributed by atoms with van der Waals surface area (Å²) in [5, 5.41) is 0. The van der Waals surface area contributed by atoms with Crippen LogP contribution >= 0.6 is 7.82 Å². The molecule has 122 valence electrons. The zero-order valence-corrected chi connectivity index (χ0v) is 16.8. The van der Waals surface area contributed by atoms with Crippen LogP contribution in [0.4, 0.5) is 0 Å². The molecular formula is C12H25NaO6PS-. The molecule has 0 fully saturated rings. The Kier molecular flexibility index (Phi) is 18.8. The van der Waals surface area contributed by atoms with E-state index in [0.717, 1.165) is 19.3 Å². The van der Waals surface area contributed by atoms with Gasteiger partial charge in [0.15, 0.2) is 0 Å². The van der Waals surface area contributed by atoms with Crippen LogP contribution in [0.1, 0.15) is 71.1 Å². The average molecular weight is 351 g/mol. The van der Waals surface area contributed by atoms with Crippen LogP contribution in [0.2, 0.25) is 0 Å². The number of hydrogen-bond donors (Lipinski definition) is 0. The number of unbranched alkanes of at least 4 members (excludes halogenated alkanes) is 9. The molecular weight excluding hydrogens is 326 g/mol. The Bertz CT molecular complexity index is 305. The second kappa shape index (κ2) is 16.1. The van der Waals surface area contributed by atoms with Gasteiger partial charge in [-0.2, -0.15) is 0 Å². The number of rotatable bonds is 14. The minimum Gasteiger partial charge on any atom is -0.755 e. The van der Waals surface area contributed by atoms with Gasteiger partial charge in [0.2, 0.25) is 0 Å². The van der Waals surface area contributed by atoms with E-state index in [4.69, 9.17) is 0 Å². The van der Waals surface area contributed by atoms with E-state index in [1.54, 1.807) is 0 Å². The first kappa shape index (κ1) is 24.5. The van der Waals surface area contributed by atoms with Gasteiger partial charge in [0, 0.05) is 0 Å². The quantitative estimate of drug-likeness (QED) is 0.192. The first-order valence-electron chi connectivity index (χ1n) is 7.23. The molecule has 0 bridgehead atoms. The largest absolute Gasteiger partial charge is 1.00 e. The van der Waals surface area contributed by atoms with E-state index in [0.29, 0.717) is 6.42 Å². The summed E-state index contributed by atoms with van der Waals surface area (Å²) in [4.78, 5) is 10.9. The van der Waals surface area contributed by atoms with Crippen LogP contribution in [0.5, 0.6) is 0 Å². The molecule has 2 atom stereocenters. The van der Waals surface area contributed by atoms with Crippen LogP contribution in [0.25, 0.3) is 0 Å². The van der Waals surface area contributed by atoms with Gasteiger partial charge in [-0.3, -0.25) is 4.57 Å². The fourth-order valence-electron chi connectivity index (χ4n) is 1.86. The van der Waals surface area contributed by atoms with Gasteiger partial charge in [-0.1, -0.05) is 64.7 Å². The maximum Gasteiger partial charge on any atom is 1.00 e. The number of hydrogen-bond acceptors (Lipinski definition) is 6. The van der Waals surface area contributed by atoms with E-state index >= 15 is 0 Å². The minimum atomic E-state index is -4.69. The van der Waals surface area contributed by atoms with Gasteiger partial charge >= 0.3 is 29.6 Å². The summed E-state index contributed by atoms with van der Waals surface area (Å²) in [5.74, 6) is 0. The standard InChI is InChI=1S/C12H27O6PS.Na/c1-2-3-4-5-6-7-8-9-10-11-12-17-19(13,14)18-20(15)16;/h2-12H2,1H3,(H,13,14)(H,15,16);/q;+1/p-2. The number of phosphoric acid groups is 1. The summed E-state index contributed by atoms with van der Waals surface area (Å²) >= 11 is -3.10. The first-order chi connectivity index (χ1) is 9.48. The molecule has 0 aromatic heterocycles. The SMILES string of the molecule is CCCCCCCCCCCCOP(=O)([O-])OS(=O)[O-].[Na+]. The van der Waals surface area contributed by atoms with Crippen LogP contribution in [-0.4, -0.2) is 15.4 Å². The van der Waals surface area contributed by atoms with Crippen molar-refractivity contribution >= 4 is 19.2 Å². The topological polar surface area (TPSA) is 98.7 Å². The second-order valence-corrected chi connectivity index (χ2v) is 6.90. The molecule has 0 radical (unpaired) electrons. The van der Waals surface area contributed by atoms with Crippen molar-refractivity contribution in [1.82, 2.24) is 0 Å². The van der Waals surface area contributed by atoms with Crippen LogP contribution in [0, 0.1) is 0 Å². The molecule has 0 N–H and O–H groups in total. The molecule has 21 heavy (non-hydrogen) atoms. The van der Waals surface area contributed by atoms with E-state index in [2.05, 4.69) is 15.4 Å². The Morgan fingerprint density at radius 3 is 1.81 bits per heavy atom. The minimum absolute atomic E-state index is 0. The van der Waals surface area contributed by atoms with Crippen molar-refractivity contribution < 1.29 is 56.3 Å². The predicted molar refractivity (Wildman–Crippen MR) is 75.4 cm³/mol. The Morgan fingerprint density at radius 2 is 1.38 bits per heavy atom. The number of phosphoric ester groups is 1. The summed E-state index contributed by atoms with van der Waals surface area (Å²) in [5.41, 5.74) is 0. The summed E-state index contributed by atoms with van der Waals surface area (Å²) < 4.78 is 39.0. The van der Waals surface area contributed by atoms with E-state index in [-0.39, 0.29) is 36.2 Å². The van der Waals surface area contributed by atoms with Gasteiger partial charge < -0.3 is 14.0 Å². The second-order valence-electron chi connectivity index (χ2n) is 4.74. The van der Waals surface area contributed by atoms with E-state index in [9.17, 15) is 18.2 Å². The third-order valence-electron chi connectivity index (χ3n) is 2.90. The average Bonchev–Trinajstić information content (AvgIpc) is 2.34. The molecule has 0 aromatic rings. The molecule has 0 saturated heterocycles. The van der Waals surface area contributed by atoms with Crippen molar-refractivity contribution in [2.75, 3.05) is 6.61 Å². The van der Waals surface area contributed by atoms with Gasteiger partial charge in [-0.25, -0.2) is 8.18 Å². The Labute approximate surface area is 152 Å². The molecule has 0 heterocycles. The molecule has 0 aromatic carbocycles. The van der Waals surface area contributed by atoms with Crippen LogP contribution in [0.15, 0.2) is 0 Å². The Hall–Kier alpha value is 1.22. The van der Waals surface area contributed by atoms with Crippen molar-refractivity contribution in [1.29, 1.82) is 0 Å². The molecule has 0 aliphatic rings. The van der Waals surface area contributed by atoms with Gasteiger partial charge in [-0.15, -0.1) is 0 Å². The third kappa shape index (κ3) is 19.2. The predicted octanol–water partition coefficient (Wildman–Crippen LogP) is 0.207. The van der Waals surface area contributed by atoms with Crippen molar-refractivity contribution in [3.05, 3.63) is 0 Å². The Morgan fingerprint density at radius 1 is 0.952 bits per heavy atom. The molecule has 0 aliphatic heterocycles. The molecule has 0 amide bonds. The van der Waals surface area contributed by atoms with E-state index < -0.39 is 19.2 Å². The molecule has 0 saturated carbocycles. The Balaban J connectivity index is 0. The normalized spacial score (nSPS) is 15.2. The molecule has 6 nitrogen and oxygen atoms in total. The summed E-state index contributed by atoms with van der Waals surface area (Å²) in [6.45, 7) is 2.16. The summed E-state index contributed by atoms with van der Waals surface area (Å²) in [6.07, 6.45) is 11.3. The van der Waals surface area contributed by atoms with Crippen molar-refractivity contribution in [2.24, 2.45) is 0 Å². The molecule has 0 spiro atoms. The van der Waals surface area contributed by atoms with Gasteiger partial charge in [0.1, 0.15) is 0 Å². The van der Waals surface area contributed by atoms with Gasteiger partial charge in [0.05, 0.1) is 18.0 Å². The maximum absolute atomic E-state index is 10.9. The van der Waals surface area contributed by atoms with Crippen LogP contribution < -0.4 is 34.5 Å². The fraction of sp³-hybridized carbons (Fsp3) is 1.00. The molecule has 0 aliphatic carbocycles. The van der Waals surface area contributed by atoms with Gasteiger partial charge in [-0.05, 0) is 6.42 Å². The van der Waals surface area contributed by atoms with E-state index in [1.165, 1.54) is 38.5 Å². The summed E-state index contributed by atoms with van der Waals surface area (Å²) in [6, 6.07) is 0. The smallest absolute Gasteiger partial charge is 0.755 e. The van der Waals surface area contributed by atoms with Gasteiger partial charge in [0.25, 0.3) is 7.82 Å². The zero-order valence-electron chi connectivity index (χ0n) is 13.1. The van der Waals surface area contributed by atoms with Crippen molar-refractivity contribution in [2.45, 2.75) is 71.1 Å². The van der Waals surface area contributed by atoms with E-state index in [1.807, 2.05) is 0 Å². The maximum atomic E-state index is 10.9. The molecule has 2 unspecified atom stereocenters. The van der Waals surface area contributed by atoms with Crippen molar-refractivity contribution in [3.8, 4) is 0 Å². The van der Waals surface area contributed by atoms with Crippen LogP contribution in [-0.2, 0) is 24.4 Å². The van der Waals surface area contributed by atoms with Crippen LogP contribution in [0.3, 0.4) is 0 Å². The fourth-order valence-corrected chi connectivity index (χ4v) is 2.98. The monoisotopic (exact) mass is 351 g/mol. The molecule has 9 heteroatoms. The molecule has 0 rings (SSSR count).